The summed E-state index contributed by atoms with van der Waals surface area (Å²) in [6.07, 6.45) is 2.06. The van der Waals surface area contributed by atoms with E-state index in [0.29, 0.717) is 13.2 Å². The Bertz CT molecular complexity index is 525. The molecule has 2 aromatic carbocycles. The summed E-state index contributed by atoms with van der Waals surface area (Å²) < 4.78 is 11.3. The topological polar surface area (TPSA) is 30.5 Å². The molecule has 0 aliphatic heterocycles. The van der Waals surface area contributed by atoms with Crippen LogP contribution in [0.1, 0.15) is 5.56 Å². The molecule has 0 unspecified atom stereocenters. The zero-order valence-corrected chi connectivity index (χ0v) is 13.3. The van der Waals surface area contributed by atoms with E-state index in [9.17, 15) is 0 Å². The van der Waals surface area contributed by atoms with E-state index in [1.165, 1.54) is 10.5 Å². The average Bonchev–Trinajstić information content (AvgIpc) is 2.54. The lowest BCUT2D eigenvalue weighted by Gasteiger charge is -2.09. The van der Waals surface area contributed by atoms with Gasteiger partial charge in [0.25, 0.3) is 0 Å². The van der Waals surface area contributed by atoms with E-state index in [4.69, 9.17) is 9.47 Å². The lowest BCUT2D eigenvalue weighted by molar-refractivity contribution is 0.217. The van der Waals surface area contributed by atoms with Gasteiger partial charge in [0.1, 0.15) is 24.7 Å². The molecular formula is C17H21NO2S. The predicted molar refractivity (Wildman–Crippen MR) is 88.4 cm³/mol. The number of hydrogen-bond acceptors (Lipinski definition) is 4. The van der Waals surface area contributed by atoms with Crippen molar-refractivity contribution >= 4 is 11.8 Å². The maximum Gasteiger partial charge on any atom is 0.122 e. The largest absolute Gasteiger partial charge is 0.490 e. The molecule has 0 heterocycles. The molecule has 0 radical (unpaired) electrons. The quantitative estimate of drug-likeness (QED) is 0.596. The molecule has 0 amide bonds. The molecule has 1 N–H and O–H groups in total. The Labute approximate surface area is 130 Å². The van der Waals surface area contributed by atoms with E-state index in [2.05, 4.69) is 35.8 Å². The van der Waals surface area contributed by atoms with Crippen LogP contribution in [0.3, 0.4) is 0 Å². The highest BCUT2D eigenvalue weighted by atomic mass is 32.2. The predicted octanol–water partition coefficient (Wildman–Crippen LogP) is 3.59. The first-order valence-corrected chi connectivity index (χ1v) is 8.17. The SMILES string of the molecule is CNCc1ccc(OCCOc2ccc(SC)cc2)cc1. The van der Waals surface area contributed by atoms with Crippen LogP contribution in [0.2, 0.25) is 0 Å². The number of benzene rings is 2. The van der Waals surface area contributed by atoms with Gasteiger partial charge in [0, 0.05) is 11.4 Å². The monoisotopic (exact) mass is 303 g/mol. The molecule has 4 heteroatoms. The zero-order chi connectivity index (χ0) is 14.9. The highest BCUT2D eigenvalue weighted by Gasteiger charge is 1.97. The number of ether oxygens (including phenoxy) is 2. The highest BCUT2D eigenvalue weighted by molar-refractivity contribution is 7.98. The summed E-state index contributed by atoms with van der Waals surface area (Å²) in [5.74, 6) is 1.75. The van der Waals surface area contributed by atoms with Crippen molar-refractivity contribution in [3.05, 3.63) is 54.1 Å². The third-order valence-corrected chi connectivity index (χ3v) is 3.73. The highest BCUT2D eigenvalue weighted by Crippen LogP contribution is 2.19. The van der Waals surface area contributed by atoms with Crippen LogP contribution in [-0.4, -0.2) is 26.5 Å². The van der Waals surface area contributed by atoms with E-state index in [1.807, 2.05) is 31.3 Å². The fraction of sp³-hybridized carbons (Fsp3) is 0.294. The second kappa shape index (κ2) is 8.60. The molecule has 112 valence electrons. The lowest BCUT2D eigenvalue weighted by Crippen LogP contribution is -2.09. The smallest absolute Gasteiger partial charge is 0.122 e. The molecule has 0 atom stereocenters. The van der Waals surface area contributed by atoms with Gasteiger partial charge < -0.3 is 14.8 Å². The Balaban J connectivity index is 1.71. The minimum atomic E-state index is 0.537. The second-order valence-corrected chi connectivity index (χ2v) is 5.43. The molecule has 0 aromatic heterocycles. The first kappa shape index (κ1) is 15.7. The fourth-order valence-corrected chi connectivity index (χ4v) is 2.31. The Hall–Kier alpha value is -1.65. The van der Waals surface area contributed by atoms with Crippen LogP contribution in [0.4, 0.5) is 0 Å². The van der Waals surface area contributed by atoms with Crippen LogP contribution < -0.4 is 14.8 Å². The summed E-state index contributed by atoms with van der Waals surface area (Å²) in [5.41, 5.74) is 1.25. The zero-order valence-electron chi connectivity index (χ0n) is 12.5. The third-order valence-electron chi connectivity index (χ3n) is 2.98. The minimum absolute atomic E-state index is 0.537. The molecule has 2 aromatic rings. The van der Waals surface area contributed by atoms with Crippen molar-refractivity contribution in [2.75, 3.05) is 26.5 Å². The molecule has 0 aliphatic carbocycles. The Morgan fingerprint density at radius 1 is 0.857 bits per heavy atom. The van der Waals surface area contributed by atoms with Gasteiger partial charge in [-0.3, -0.25) is 0 Å². The Morgan fingerprint density at radius 2 is 1.38 bits per heavy atom. The van der Waals surface area contributed by atoms with Gasteiger partial charge in [-0.15, -0.1) is 11.8 Å². The fourth-order valence-electron chi connectivity index (χ4n) is 1.90. The summed E-state index contributed by atoms with van der Waals surface area (Å²) >= 11 is 1.72. The number of hydrogen-bond donors (Lipinski definition) is 1. The summed E-state index contributed by atoms with van der Waals surface area (Å²) in [5, 5.41) is 3.12. The van der Waals surface area contributed by atoms with Crippen LogP contribution in [0.25, 0.3) is 0 Å². The van der Waals surface area contributed by atoms with Gasteiger partial charge in [-0.25, -0.2) is 0 Å². The van der Waals surface area contributed by atoms with Gasteiger partial charge in [0.15, 0.2) is 0 Å². The van der Waals surface area contributed by atoms with E-state index in [1.54, 1.807) is 11.8 Å². The number of thioether (sulfide) groups is 1. The third kappa shape index (κ3) is 5.33. The summed E-state index contributed by atoms with van der Waals surface area (Å²) in [6.45, 7) is 1.95. The van der Waals surface area contributed by atoms with Crippen LogP contribution in [0, 0.1) is 0 Å². The Kier molecular flexibility index (Phi) is 6.44. The molecule has 0 aliphatic rings. The molecule has 0 spiro atoms. The van der Waals surface area contributed by atoms with E-state index >= 15 is 0 Å². The summed E-state index contributed by atoms with van der Waals surface area (Å²) in [6, 6.07) is 16.2. The van der Waals surface area contributed by atoms with Gasteiger partial charge in [-0.1, -0.05) is 12.1 Å². The molecule has 21 heavy (non-hydrogen) atoms. The first-order valence-electron chi connectivity index (χ1n) is 6.95. The first-order chi connectivity index (χ1) is 10.3. The second-order valence-electron chi connectivity index (χ2n) is 4.55. The standard InChI is InChI=1S/C17H21NO2S/c1-18-13-14-3-5-15(6-4-14)19-11-12-20-16-7-9-17(21-2)10-8-16/h3-10,18H,11-13H2,1-2H3. The Morgan fingerprint density at radius 3 is 1.86 bits per heavy atom. The van der Waals surface area contributed by atoms with Crippen molar-refractivity contribution in [2.24, 2.45) is 0 Å². The van der Waals surface area contributed by atoms with Crippen LogP contribution >= 0.6 is 11.8 Å². The van der Waals surface area contributed by atoms with Crippen molar-refractivity contribution < 1.29 is 9.47 Å². The van der Waals surface area contributed by atoms with Crippen molar-refractivity contribution in [1.82, 2.24) is 5.32 Å². The van der Waals surface area contributed by atoms with Crippen molar-refractivity contribution in [3.63, 3.8) is 0 Å². The van der Waals surface area contributed by atoms with Crippen molar-refractivity contribution in [2.45, 2.75) is 11.4 Å². The van der Waals surface area contributed by atoms with Crippen LogP contribution in [0.15, 0.2) is 53.4 Å². The average molecular weight is 303 g/mol. The van der Waals surface area contributed by atoms with Gasteiger partial charge >= 0.3 is 0 Å². The van der Waals surface area contributed by atoms with Gasteiger partial charge in [0.05, 0.1) is 0 Å². The molecule has 0 saturated heterocycles. The van der Waals surface area contributed by atoms with Crippen molar-refractivity contribution in [3.8, 4) is 11.5 Å². The molecule has 0 bridgehead atoms. The minimum Gasteiger partial charge on any atom is -0.490 e. The van der Waals surface area contributed by atoms with Crippen LogP contribution in [0.5, 0.6) is 11.5 Å². The molecular weight excluding hydrogens is 282 g/mol. The molecule has 2 rings (SSSR count). The van der Waals surface area contributed by atoms with E-state index < -0.39 is 0 Å². The van der Waals surface area contributed by atoms with Crippen LogP contribution in [-0.2, 0) is 6.54 Å². The maximum atomic E-state index is 5.66. The maximum absolute atomic E-state index is 5.66. The van der Waals surface area contributed by atoms with Gasteiger partial charge in [0.2, 0.25) is 0 Å². The number of rotatable bonds is 8. The van der Waals surface area contributed by atoms with E-state index in [-0.39, 0.29) is 0 Å². The number of nitrogens with one attached hydrogen (secondary N) is 1. The summed E-state index contributed by atoms with van der Waals surface area (Å²) in [7, 11) is 1.94. The van der Waals surface area contributed by atoms with Gasteiger partial charge in [-0.05, 0) is 55.3 Å². The van der Waals surface area contributed by atoms with E-state index in [0.717, 1.165) is 18.0 Å². The lowest BCUT2D eigenvalue weighted by atomic mass is 10.2. The van der Waals surface area contributed by atoms with Gasteiger partial charge in [-0.2, -0.15) is 0 Å². The normalized spacial score (nSPS) is 10.4. The van der Waals surface area contributed by atoms with Crippen molar-refractivity contribution in [1.29, 1.82) is 0 Å². The molecule has 0 fully saturated rings. The summed E-state index contributed by atoms with van der Waals surface area (Å²) in [4.78, 5) is 1.24. The molecule has 0 saturated carbocycles. The molecule has 3 nitrogen and oxygen atoms in total.